The Bertz CT molecular complexity index is 856. The second kappa shape index (κ2) is 8.82. The molecule has 1 aliphatic heterocycles. The summed E-state index contributed by atoms with van der Waals surface area (Å²) < 4.78 is 5.28. The van der Waals surface area contributed by atoms with Gasteiger partial charge in [-0.25, -0.2) is 4.79 Å². The number of carbonyl (C=O) groups is 1. The zero-order chi connectivity index (χ0) is 20.3. The zero-order valence-corrected chi connectivity index (χ0v) is 17.3. The van der Waals surface area contributed by atoms with Crippen molar-refractivity contribution in [2.24, 2.45) is 0 Å². The minimum absolute atomic E-state index is 0.0491. The average molecular weight is 403 g/mol. The van der Waals surface area contributed by atoms with Gasteiger partial charge in [-0.05, 0) is 56.0 Å². The molecule has 0 radical (unpaired) electrons. The summed E-state index contributed by atoms with van der Waals surface area (Å²) in [6, 6.07) is 11.6. The van der Waals surface area contributed by atoms with Crippen LogP contribution in [0.15, 0.2) is 36.4 Å². The maximum absolute atomic E-state index is 12.2. The number of nitrogens with one attached hydrogen (secondary N) is 1. The van der Waals surface area contributed by atoms with Crippen molar-refractivity contribution in [1.29, 1.82) is 0 Å². The van der Waals surface area contributed by atoms with E-state index in [2.05, 4.69) is 17.3 Å². The third-order valence-electron chi connectivity index (χ3n) is 4.89. The van der Waals surface area contributed by atoms with Crippen molar-refractivity contribution in [3.63, 3.8) is 0 Å². The Kier molecular flexibility index (Phi) is 6.44. The maximum Gasteiger partial charge on any atom is 0.411 e. The Labute approximate surface area is 171 Å². The molecule has 3 rings (SSSR count). The number of carbonyl (C=O) groups excluding carboxylic acids is 1. The Hall–Kier alpha value is -2.28. The fourth-order valence-electron chi connectivity index (χ4n) is 3.55. The summed E-state index contributed by atoms with van der Waals surface area (Å²) in [5, 5.41) is 3.57. The van der Waals surface area contributed by atoms with Crippen LogP contribution < -0.4 is 11.1 Å². The first-order valence-electron chi connectivity index (χ1n) is 9.29. The first-order valence-corrected chi connectivity index (χ1v) is 9.66. The van der Waals surface area contributed by atoms with Crippen molar-refractivity contribution >= 4 is 29.1 Å². The van der Waals surface area contributed by atoms with E-state index in [4.69, 9.17) is 22.1 Å². The third-order valence-corrected chi connectivity index (χ3v) is 5.23. The van der Waals surface area contributed by atoms with Crippen molar-refractivity contribution < 1.29 is 9.53 Å². The molecule has 2 aromatic carbocycles. The van der Waals surface area contributed by atoms with Gasteiger partial charge in [0.1, 0.15) is 6.61 Å². The molecule has 1 atom stereocenters. The van der Waals surface area contributed by atoms with Gasteiger partial charge in [0, 0.05) is 41.9 Å². The molecule has 150 valence electrons. The lowest BCUT2D eigenvalue weighted by Gasteiger charge is -2.34. The van der Waals surface area contributed by atoms with E-state index in [9.17, 15) is 4.79 Å². The number of nitrogens with zero attached hydrogens (tertiary/aromatic N) is 2. The minimum atomic E-state index is -0.454. The number of likely N-dealkylation sites (N-methyl/N-ethyl adjacent to an activating group) is 2. The van der Waals surface area contributed by atoms with E-state index in [-0.39, 0.29) is 5.92 Å². The van der Waals surface area contributed by atoms with Crippen molar-refractivity contribution in [2.75, 3.05) is 51.9 Å². The van der Waals surface area contributed by atoms with Crippen LogP contribution in [0.1, 0.15) is 22.6 Å². The van der Waals surface area contributed by atoms with Gasteiger partial charge in [0.15, 0.2) is 0 Å². The lowest BCUT2D eigenvalue weighted by Crippen LogP contribution is -2.32. The van der Waals surface area contributed by atoms with Gasteiger partial charge < -0.3 is 20.3 Å². The van der Waals surface area contributed by atoms with E-state index in [1.807, 2.05) is 49.3 Å². The number of hydrogen-bond donors (Lipinski definition) is 2. The van der Waals surface area contributed by atoms with Crippen LogP contribution in [-0.2, 0) is 11.3 Å². The van der Waals surface area contributed by atoms with Crippen molar-refractivity contribution in [2.45, 2.75) is 12.5 Å². The molecule has 0 aliphatic carbocycles. The highest BCUT2D eigenvalue weighted by atomic mass is 35.5. The summed E-state index contributed by atoms with van der Waals surface area (Å²) >= 11 is 6.47. The van der Waals surface area contributed by atoms with E-state index < -0.39 is 6.09 Å². The van der Waals surface area contributed by atoms with E-state index in [1.165, 1.54) is 0 Å². The number of anilines is 2. The van der Waals surface area contributed by atoms with Gasteiger partial charge in [0.2, 0.25) is 0 Å². The smallest absolute Gasteiger partial charge is 0.411 e. The zero-order valence-electron chi connectivity index (χ0n) is 16.5. The van der Waals surface area contributed by atoms with Gasteiger partial charge in [-0.2, -0.15) is 0 Å². The van der Waals surface area contributed by atoms with Crippen LogP contribution in [0.4, 0.5) is 16.2 Å². The third kappa shape index (κ3) is 4.76. The average Bonchev–Trinajstić information content (AvgIpc) is 2.62. The molecule has 1 heterocycles. The van der Waals surface area contributed by atoms with Crippen LogP contribution in [-0.4, -0.2) is 56.7 Å². The molecule has 6 nitrogen and oxygen atoms in total. The fourth-order valence-corrected chi connectivity index (χ4v) is 3.84. The normalized spacial score (nSPS) is 16.7. The fraction of sp³-hybridized carbons (Fsp3) is 0.381. The SMILES string of the molecule is CN(C)CCOC(=O)Nc1ccccc1C1CN(C)Cc2c(Cl)cc(N)cc21. The molecular weight excluding hydrogens is 376 g/mol. The number of para-hydroxylation sites is 1. The van der Waals surface area contributed by atoms with Crippen LogP contribution in [0.3, 0.4) is 0 Å². The Morgan fingerprint density at radius 2 is 2.07 bits per heavy atom. The molecule has 1 aliphatic rings. The first-order chi connectivity index (χ1) is 13.3. The van der Waals surface area contributed by atoms with Crippen LogP contribution in [0.2, 0.25) is 5.02 Å². The lowest BCUT2D eigenvalue weighted by atomic mass is 9.83. The van der Waals surface area contributed by atoms with Crippen LogP contribution in [0, 0.1) is 0 Å². The standard InChI is InChI=1S/C21H27ClN4O2/c1-25(2)8-9-28-21(27)24-20-7-5-4-6-15(20)17-12-26(3)13-18-16(17)10-14(23)11-19(18)22/h4-7,10-11,17H,8-9,12-13,23H2,1-3H3,(H,24,27). The van der Waals surface area contributed by atoms with E-state index in [0.29, 0.717) is 23.9 Å². The number of ether oxygens (including phenoxy) is 1. The van der Waals surface area contributed by atoms with E-state index in [0.717, 1.165) is 35.5 Å². The summed E-state index contributed by atoms with van der Waals surface area (Å²) in [5.74, 6) is 0.0491. The molecule has 0 saturated carbocycles. The monoisotopic (exact) mass is 402 g/mol. The van der Waals surface area contributed by atoms with Crippen molar-refractivity contribution in [3.8, 4) is 0 Å². The molecule has 2 aromatic rings. The molecule has 7 heteroatoms. The molecule has 28 heavy (non-hydrogen) atoms. The topological polar surface area (TPSA) is 70.8 Å². The molecule has 1 amide bonds. The number of nitrogen functional groups attached to an aromatic ring is 1. The summed E-state index contributed by atoms with van der Waals surface area (Å²) in [6.45, 7) is 2.59. The van der Waals surface area contributed by atoms with Gasteiger partial charge in [0.05, 0.1) is 0 Å². The van der Waals surface area contributed by atoms with Gasteiger partial charge >= 0.3 is 6.09 Å². The van der Waals surface area contributed by atoms with Gasteiger partial charge in [-0.3, -0.25) is 5.32 Å². The molecule has 0 spiro atoms. The predicted octanol–water partition coefficient (Wildman–Crippen LogP) is 3.61. The molecule has 0 fully saturated rings. The van der Waals surface area contributed by atoms with Gasteiger partial charge in [0.25, 0.3) is 0 Å². The Morgan fingerprint density at radius 1 is 1.32 bits per heavy atom. The second-order valence-corrected chi connectivity index (χ2v) is 7.88. The van der Waals surface area contributed by atoms with Crippen LogP contribution in [0.25, 0.3) is 0 Å². The van der Waals surface area contributed by atoms with Gasteiger partial charge in [-0.1, -0.05) is 29.8 Å². The molecule has 0 aromatic heterocycles. The highest BCUT2D eigenvalue weighted by molar-refractivity contribution is 6.31. The molecule has 0 saturated heterocycles. The largest absolute Gasteiger partial charge is 0.448 e. The number of amides is 1. The Morgan fingerprint density at radius 3 is 2.82 bits per heavy atom. The number of nitrogens with two attached hydrogens (primary N) is 1. The first kappa shape index (κ1) is 20.5. The van der Waals surface area contributed by atoms with Crippen LogP contribution >= 0.6 is 11.6 Å². The van der Waals surface area contributed by atoms with E-state index >= 15 is 0 Å². The molecule has 3 N–H and O–H groups in total. The minimum Gasteiger partial charge on any atom is -0.448 e. The lowest BCUT2D eigenvalue weighted by molar-refractivity contribution is 0.151. The highest BCUT2D eigenvalue weighted by Gasteiger charge is 2.28. The maximum atomic E-state index is 12.2. The Balaban J connectivity index is 1.88. The van der Waals surface area contributed by atoms with E-state index in [1.54, 1.807) is 6.07 Å². The number of rotatable bonds is 5. The summed E-state index contributed by atoms with van der Waals surface area (Å²) in [4.78, 5) is 16.4. The molecule has 1 unspecified atom stereocenters. The number of hydrogen-bond acceptors (Lipinski definition) is 5. The summed E-state index contributed by atoms with van der Waals surface area (Å²) in [7, 11) is 5.93. The van der Waals surface area contributed by atoms with Crippen molar-refractivity contribution in [1.82, 2.24) is 9.80 Å². The van der Waals surface area contributed by atoms with Gasteiger partial charge in [-0.15, -0.1) is 0 Å². The number of fused-ring (bicyclic) bond motifs is 1. The molecular formula is C21H27ClN4O2. The summed E-state index contributed by atoms with van der Waals surface area (Å²) in [5.41, 5.74) is 10.7. The summed E-state index contributed by atoms with van der Waals surface area (Å²) in [6.07, 6.45) is -0.454. The quantitative estimate of drug-likeness (QED) is 0.747. The highest BCUT2D eigenvalue weighted by Crippen LogP contribution is 2.40. The predicted molar refractivity (Wildman–Crippen MR) is 114 cm³/mol. The van der Waals surface area contributed by atoms with Crippen molar-refractivity contribution in [3.05, 3.63) is 58.1 Å². The second-order valence-electron chi connectivity index (χ2n) is 7.47. The number of halogens is 1. The van der Waals surface area contributed by atoms with Crippen LogP contribution in [0.5, 0.6) is 0 Å². The molecule has 0 bridgehead atoms. The number of benzene rings is 2.